The Labute approximate surface area is 72.9 Å². The second-order valence-corrected chi connectivity index (χ2v) is 2.38. The van der Waals surface area contributed by atoms with Crippen molar-refractivity contribution in [3.63, 3.8) is 0 Å². The molecule has 1 heterocycles. The molecule has 0 fully saturated rings. The smallest absolute Gasteiger partial charge is 0.311 e. The van der Waals surface area contributed by atoms with Crippen LogP contribution in [-0.2, 0) is 11.2 Å². The number of aliphatic carboxylic acids is 1. The summed E-state index contributed by atoms with van der Waals surface area (Å²) in [4.78, 5) is 10.2. The van der Waals surface area contributed by atoms with Crippen LogP contribution in [0.15, 0.2) is 4.52 Å². The zero-order valence-corrected chi connectivity index (χ0v) is 6.96. The number of hydrogen-bond acceptors (Lipinski definition) is 4. The molecule has 0 saturated carbocycles. The third kappa shape index (κ3) is 1.68. The Balaban J connectivity index is 2.87. The van der Waals surface area contributed by atoms with Gasteiger partial charge in [0.25, 0.3) is 5.88 Å². The normalized spacial score (nSPS) is 9.83. The van der Waals surface area contributed by atoms with Gasteiger partial charge in [-0.2, -0.15) is 0 Å². The lowest BCUT2D eigenvalue weighted by molar-refractivity contribution is -0.136. The van der Waals surface area contributed by atoms with Crippen LogP contribution < -0.4 is 4.74 Å². The summed E-state index contributed by atoms with van der Waals surface area (Å²) in [6.07, 6.45) is -0.296. The topological polar surface area (TPSA) is 72.6 Å². The van der Waals surface area contributed by atoms with Crippen LogP contribution in [0.5, 0.6) is 5.88 Å². The number of nitrogens with zero attached hydrogens (tertiary/aromatic N) is 1. The molecule has 12 heavy (non-hydrogen) atoms. The van der Waals surface area contributed by atoms with Crippen LogP contribution in [0, 0.1) is 0 Å². The van der Waals surface area contributed by atoms with Gasteiger partial charge in [-0.1, -0.05) is 11.6 Å². The van der Waals surface area contributed by atoms with Gasteiger partial charge in [-0.15, -0.1) is 0 Å². The summed E-state index contributed by atoms with van der Waals surface area (Å²) in [6.45, 7) is 0. The molecule has 0 amide bonds. The maximum absolute atomic E-state index is 10.2. The number of ether oxygens (including phenoxy) is 1. The van der Waals surface area contributed by atoms with Crippen molar-refractivity contribution in [2.24, 2.45) is 0 Å². The van der Waals surface area contributed by atoms with Crippen LogP contribution in [0.25, 0.3) is 0 Å². The highest BCUT2D eigenvalue weighted by atomic mass is 35.5. The fraction of sp³-hybridized carbons (Fsp3) is 0.333. The quantitative estimate of drug-likeness (QED) is 0.771. The molecule has 0 radical (unpaired) electrons. The Morgan fingerprint density at radius 2 is 2.50 bits per heavy atom. The molecule has 1 aromatic heterocycles. The second-order valence-electron chi connectivity index (χ2n) is 2.00. The number of hydrogen-bond donors (Lipinski definition) is 1. The number of methoxy groups -OCH3 is 1. The number of carbonyl (C=O) groups is 1. The molecule has 0 aliphatic carbocycles. The molecule has 0 atom stereocenters. The first-order valence-electron chi connectivity index (χ1n) is 3.05. The average Bonchev–Trinajstić information content (AvgIpc) is 2.32. The minimum absolute atomic E-state index is 0.0982. The van der Waals surface area contributed by atoms with Crippen molar-refractivity contribution >= 4 is 17.6 Å². The van der Waals surface area contributed by atoms with Crippen molar-refractivity contribution in [1.29, 1.82) is 0 Å². The van der Waals surface area contributed by atoms with Crippen LogP contribution >= 0.6 is 11.6 Å². The molecule has 0 unspecified atom stereocenters. The van der Waals surface area contributed by atoms with Gasteiger partial charge in [-0.3, -0.25) is 4.79 Å². The van der Waals surface area contributed by atoms with E-state index in [1.165, 1.54) is 7.11 Å². The highest BCUT2D eigenvalue weighted by molar-refractivity contribution is 6.32. The summed E-state index contributed by atoms with van der Waals surface area (Å²) in [6, 6.07) is 0. The summed E-state index contributed by atoms with van der Waals surface area (Å²) in [5.74, 6) is -0.829. The van der Waals surface area contributed by atoms with Crippen LogP contribution in [0.1, 0.15) is 5.76 Å². The van der Waals surface area contributed by atoms with Gasteiger partial charge < -0.3 is 14.4 Å². The van der Waals surface area contributed by atoms with E-state index in [0.29, 0.717) is 0 Å². The first-order valence-corrected chi connectivity index (χ1v) is 3.42. The molecule has 1 rings (SSSR count). The zero-order chi connectivity index (χ0) is 9.14. The molecular weight excluding hydrogens is 186 g/mol. The van der Waals surface area contributed by atoms with E-state index < -0.39 is 5.97 Å². The van der Waals surface area contributed by atoms with E-state index in [1.807, 2.05) is 0 Å². The van der Waals surface area contributed by atoms with Gasteiger partial charge in [0.2, 0.25) is 0 Å². The van der Waals surface area contributed by atoms with Crippen molar-refractivity contribution < 1.29 is 19.2 Å². The minimum atomic E-state index is -1.03. The van der Waals surface area contributed by atoms with Gasteiger partial charge in [0.15, 0.2) is 5.76 Å². The summed E-state index contributed by atoms with van der Waals surface area (Å²) in [5.41, 5.74) is 0. The van der Waals surface area contributed by atoms with E-state index in [2.05, 4.69) is 14.4 Å². The van der Waals surface area contributed by atoms with Gasteiger partial charge in [0, 0.05) is 0 Å². The largest absolute Gasteiger partial charge is 0.481 e. The fourth-order valence-electron chi connectivity index (χ4n) is 0.670. The Morgan fingerprint density at radius 1 is 1.83 bits per heavy atom. The van der Waals surface area contributed by atoms with Crippen LogP contribution in [-0.4, -0.2) is 23.3 Å². The zero-order valence-electron chi connectivity index (χ0n) is 6.20. The lowest BCUT2D eigenvalue weighted by atomic mass is 10.3. The van der Waals surface area contributed by atoms with E-state index in [0.717, 1.165) is 0 Å². The van der Waals surface area contributed by atoms with Gasteiger partial charge in [0.1, 0.15) is 11.4 Å². The molecule has 0 aromatic carbocycles. The predicted molar refractivity (Wildman–Crippen MR) is 39.4 cm³/mol. The molecule has 6 heteroatoms. The van der Waals surface area contributed by atoms with E-state index in [-0.39, 0.29) is 23.1 Å². The number of rotatable bonds is 3. The van der Waals surface area contributed by atoms with Gasteiger partial charge in [-0.25, -0.2) is 0 Å². The summed E-state index contributed by atoms with van der Waals surface area (Å²) in [7, 11) is 1.37. The lowest BCUT2D eigenvalue weighted by Crippen LogP contribution is -1.98. The molecule has 0 bridgehead atoms. The van der Waals surface area contributed by atoms with Crippen LogP contribution in [0.2, 0.25) is 5.02 Å². The maximum atomic E-state index is 10.2. The molecule has 1 N–H and O–H groups in total. The van der Waals surface area contributed by atoms with Gasteiger partial charge in [-0.05, 0) is 5.16 Å². The Morgan fingerprint density at radius 3 is 2.92 bits per heavy atom. The monoisotopic (exact) mass is 191 g/mol. The maximum Gasteiger partial charge on any atom is 0.311 e. The lowest BCUT2D eigenvalue weighted by Gasteiger charge is -1.90. The second kappa shape index (κ2) is 3.44. The van der Waals surface area contributed by atoms with E-state index in [9.17, 15) is 4.79 Å². The van der Waals surface area contributed by atoms with E-state index >= 15 is 0 Å². The summed E-state index contributed by atoms with van der Waals surface area (Å²) in [5, 5.41) is 11.9. The van der Waals surface area contributed by atoms with Crippen molar-refractivity contribution in [2.75, 3.05) is 7.11 Å². The fourth-order valence-corrected chi connectivity index (χ4v) is 0.883. The minimum Gasteiger partial charge on any atom is -0.481 e. The molecule has 0 saturated heterocycles. The van der Waals surface area contributed by atoms with Crippen molar-refractivity contribution in [3.05, 3.63) is 10.8 Å². The van der Waals surface area contributed by atoms with E-state index in [1.54, 1.807) is 0 Å². The van der Waals surface area contributed by atoms with Crippen molar-refractivity contribution in [2.45, 2.75) is 6.42 Å². The van der Waals surface area contributed by atoms with Crippen molar-refractivity contribution in [1.82, 2.24) is 5.16 Å². The Bertz CT molecular complexity index is 296. The first kappa shape index (κ1) is 8.86. The molecule has 0 aliphatic heterocycles. The molecular formula is C6H6ClNO4. The molecule has 5 nitrogen and oxygen atoms in total. The Kier molecular flexibility index (Phi) is 2.54. The molecule has 0 aliphatic rings. The standard InChI is InChI=1S/C6H6ClNO4/c1-11-6-5(7)3(12-8-6)2-4(9)10/h2H2,1H3,(H,9,10). The van der Waals surface area contributed by atoms with Gasteiger partial charge >= 0.3 is 5.97 Å². The van der Waals surface area contributed by atoms with Crippen LogP contribution in [0.3, 0.4) is 0 Å². The summed E-state index contributed by atoms with van der Waals surface area (Å²) >= 11 is 5.62. The third-order valence-electron chi connectivity index (χ3n) is 1.18. The number of halogens is 1. The number of carboxylic acids is 1. The first-order chi connectivity index (χ1) is 5.65. The SMILES string of the molecule is COc1noc(CC(=O)O)c1Cl. The molecule has 1 aromatic rings. The predicted octanol–water partition coefficient (Wildman–Crippen LogP) is 0.964. The summed E-state index contributed by atoms with van der Waals surface area (Å²) < 4.78 is 9.29. The molecule has 66 valence electrons. The van der Waals surface area contributed by atoms with Crippen molar-refractivity contribution in [3.8, 4) is 5.88 Å². The van der Waals surface area contributed by atoms with E-state index in [4.69, 9.17) is 16.7 Å². The van der Waals surface area contributed by atoms with Gasteiger partial charge in [0.05, 0.1) is 7.11 Å². The highest BCUT2D eigenvalue weighted by Gasteiger charge is 2.16. The van der Waals surface area contributed by atoms with Crippen LogP contribution in [0.4, 0.5) is 0 Å². The molecule has 0 spiro atoms. The number of aromatic nitrogens is 1. The third-order valence-corrected chi connectivity index (χ3v) is 1.55. The average molecular weight is 192 g/mol. The Hall–Kier alpha value is -1.23. The highest BCUT2D eigenvalue weighted by Crippen LogP contribution is 2.26. The number of carboxylic acid groups (broad SMARTS) is 1.